The minimum absolute atomic E-state index is 0.268. The summed E-state index contributed by atoms with van der Waals surface area (Å²) in [5.74, 6) is -0.365. The van der Waals surface area contributed by atoms with E-state index in [2.05, 4.69) is 5.32 Å². The number of carboxylic acids is 1. The van der Waals surface area contributed by atoms with E-state index in [0.717, 1.165) is 12.8 Å². The van der Waals surface area contributed by atoms with Gasteiger partial charge in [0.05, 0.1) is 5.92 Å². The standard InChI is InChI=1S/C13H21NO4/c1-13(2,3)18-12(17)14-10-8(11(15)16)5-4-7-6-9(7)10/h7-10H,4-6H2,1-3H3,(H,14,17)(H,15,16)/t7-,8+,9+,10-/m1/s1. The van der Waals surface area contributed by atoms with Gasteiger partial charge in [-0.15, -0.1) is 0 Å². The molecule has 5 nitrogen and oxygen atoms in total. The zero-order chi connectivity index (χ0) is 13.5. The predicted molar refractivity (Wildman–Crippen MR) is 65.1 cm³/mol. The molecule has 0 unspecified atom stereocenters. The van der Waals surface area contributed by atoms with Gasteiger partial charge in [0.15, 0.2) is 0 Å². The van der Waals surface area contributed by atoms with Crippen molar-refractivity contribution in [3.05, 3.63) is 0 Å². The van der Waals surface area contributed by atoms with Crippen molar-refractivity contribution in [1.82, 2.24) is 5.32 Å². The van der Waals surface area contributed by atoms with Gasteiger partial charge in [-0.2, -0.15) is 0 Å². The number of carbonyl (C=O) groups is 2. The first-order valence-corrected chi connectivity index (χ1v) is 6.50. The van der Waals surface area contributed by atoms with Crippen LogP contribution >= 0.6 is 0 Å². The first-order valence-electron chi connectivity index (χ1n) is 6.50. The average molecular weight is 255 g/mol. The number of carbonyl (C=O) groups excluding carboxylic acids is 1. The van der Waals surface area contributed by atoms with Gasteiger partial charge in [-0.05, 0) is 51.9 Å². The Morgan fingerprint density at radius 1 is 1.28 bits per heavy atom. The van der Waals surface area contributed by atoms with Crippen molar-refractivity contribution in [3.63, 3.8) is 0 Å². The molecule has 0 aromatic rings. The van der Waals surface area contributed by atoms with Crippen LogP contribution in [-0.2, 0) is 9.53 Å². The third-order valence-electron chi connectivity index (χ3n) is 3.72. The first-order chi connectivity index (χ1) is 8.28. The van der Waals surface area contributed by atoms with E-state index < -0.39 is 23.6 Å². The molecule has 2 aliphatic rings. The highest BCUT2D eigenvalue weighted by atomic mass is 16.6. The van der Waals surface area contributed by atoms with Crippen LogP contribution in [0.1, 0.15) is 40.0 Å². The Balaban J connectivity index is 1.97. The summed E-state index contributed by atoms with van der Waals surface area (Å²) in [6, 6.07) is -0.268. The molecule has 0 aromatic carbocycles. The minimum atomic E-state index is -0.818. The maximum absolute atomic E-state index is 11.7. The van der Waals surface area contributed by atoms with Gasteiger partial charge in [0.25, 0.3) is 0 Å². The normalized spacial score (nSPS) is 34.4. The summed E-state index contributed by atoms with van der Waals surface area (Å²) in [5.41, 5.74) is -0.555. The number of fused-ring (bicyclic) bond motifs is 1. The lowest BCUT2D eigenvalue weighted by atomic mass is 9.84. The minimum Gasteiger partial charge on any atom is -0.481 e. The summed E-state index contributed by atoms with van der Waals surface area (Å²) in [4.78, 5) is 22.9. The summed E-state index contributed by atoms with van der Waals surface area (Å²) >= 11 is 0. The second-order valence-electron chi connectivity index (χ2n) is 6.35. The second-order valence-corrected chi connectivity index (χ2v) is 6.35. The molecular formula is C13H21NO4. The number of nitrogens with one attached hydrogen (secondary N) is 1. The number of hydrogen-bond donors (Lipinski definition) is 2. The van der Waals surface area contributed by atoms with Crippen LogP contribution in [0.2, 0.25) is 0 Å². The third kappa shape index (κ3) is 2.94. The molecule has 0 aromatic heterocycles. The van der Waals surface area contributed by atoms with Crippen molar-refractivity contribution in [2.75, 3.05) is 0 Å². The maximum atomic E-state index is 11.7. The van der Waals surface area contributed by atoms with E-state index in [0.29, 0.717) is 18.3 Å². The number of alkyl carbamates (subject to hydrolysis) is 1. The van der Waals surface area contributed by atoms with Gasteiger partial charge in [0.1, 0.15) is 5.60 Å². The number of ether oxygens (including phenoxy) is 1. The van der Waals surface area contributed by atoms with Gasteiger partial charge in [0.2, 0.25) is 0 Å². The summed E-state index contributed by atoms with van der Waals surface area (Å²) in [7, 11) is 0. The number of carboxylic acid groups (broad SMARTS) is 1. The van der Waals surface area contributed by atoms with Crippen molar-refractivity contribution < 1.29 is 19.4 Å². The van der Waals surface area contributed by atoms with Crippen molar-refractivity contribution in [3.8, 4) is 0 Å². The van der Waals surface area contributed by atoms with E-state index >= 15 is 0 Å². The fourth-order valence-corrected chi connectivity index (χ4v) is 2.84. The topological polar surface area (TPSA) is 75.6 Å². The van der Waals surface area contributed by atoms with Gasteiger partial charge in [-0.25, -0.2) is 4.79 Å². The van der Waals surface area contributed by atoms with Gasteiger partial charge < -0.3 is 15.2 Å². The van der Waals surface area contributed by atoms with E-state index in [-0.39, 0.29) is 6.04 Å². The Kier molecular flexibility index (Phi) is 3.25. The molecule has 18 heavy (non-hydrogen) atoms. The third-order valence-corrected chi connectivity index (χ3v) is 3.72. The Labute approximate surface area is 107 Å². The van der Waals surface area contributed by atoms with Crippen LogP contribution in [-0.4, -0.2) is 28.8 Å². The highest BCUT2D eigenvalue weighted by Crippen LogP contribution is 2.51. The summed E-state index contributed by atoms with van der Waals surface area (Å²) < 4.78 is 5.19. The number of hydrogen-bond acceptors (Lipinski definition) is 3. The Hall–Kier alpha value is -1.26. The van der Waals surface area contributed by atoms with E-state index in [4.69, 9.17) is 4.74 Å². The van der Waals surface area contributed by atoms with E-state index in [9.17, 15) is 14.7 Å². The largest absolute Gasteiger partial charge is 0.481 e. The zero-order valence-electron chi connectivity index (χ0n) is 11.1. The molecule has 2 rings (SSSR count). The lowest BCUT2D eigenvalue weighted by Crippen LogP contribution is -2.48. The van der Waals surface area contributed by atoms with E-state index in [1.165, 1.54) is 0 Å². The smallest absolute Gasteiger partial charge is 0.407 e. The Bertz CT molecular complexity index is 360. The monoisotopic (exact) mass is 255 g/mol. The zero-order valence-corrected chi connectivity index (χ0v) is 11.1. The number of amides is 1. The average Bonchev–Trinajstić information content (AvgIpc) is 2.93. The number of aliphatic carboxylic acids is 1. The molecule has 0 bridgehead atoms. The molecule has 2 aliphatic carbocycles. The fourth-order valence-electron chi connectivity index (χ4n) is 2.84. The molecule has 2 N–H and O–H groups in total. The molecule has 0 heterocycles. The molecule has 4 atom stereocenters. The predicted octanol–water partition coefficient (Wildman–Crippen LogP) is 2.01. The Morgan fingerprint density at radius 2 is 1.94 bits per heavy atom. The van der Waals surface area contributed by atoms with Crippen molar-refractivity contribution in [1.29, 1.82) is 0 Å². The molecular weight excluding hydrogens is 234 g/mol. The molecule has 0 aliphatic heterocycles. The molecule has 1 amide bonds. The van der Waals surface area contributed by atoms with Crippen LogP contribution in [0.3, 0.4) is 0 Å². The molecule has 0 radical (unpaired) electrons. The lowest BCUT2D eigenvalue weighted by molar-refractivity contribution is -0.143. The molecule has 102 valence electrons. The van der Waals surface area contributed by atoms with Crippen LogP contribution < -0.4 is 5.32 Å². The van der Waals surface area contributed by atoms with Crippen LogP contribution in [0, 0.1) is 17.8 Å². The quantitative estimate of drug-likeness (QED) is 0.791. The maximum Gasteiger partial charge on any atom is 0.407 e. The van der Waals surface area contributed by atoms with Crippen LogP contribution in [0.5, 0.6) is 0 Å². The van der Waals surface area contributed by atoms with Crippen LogP contribution in [0.15, 0.2) is 0 Å². The SMILES string of the molecule is CC(C)(C)OC(=O)N[C@H]1[C@H]2C[C@H]2CC[C@@H]1C(=O)O. The second kappa shape index (κ2) is 4.44. The fraction of sp³-hybridized carbons (Fsp3) is 0.846. The van der Waals surface area contributed by atoms with E-state index in [1.807, 2.05) is 0 Å². The van der Waals surface area contributed by atoms with Crippen LogP contribution in [0.4, 0.5) is 4.79 Å². The van der Waals surface area contributed by atoms with Crippen molar-refractivity contribution >= 4 is 12.1 Å². The molecule has 5 heteroatoms. The first kappa shape index (κ1) is 13.2. The summed E-state index contributed by atoms with van der Waals surface area (Å²) in [6.45, 7) is 5.38. The van der Waals surface area contributed by atoms with Crippen molar-refractivity contribution in [2.45, 2.75) is 51.7 Å². The molecule has 2 saturated carbocycles. The van der Waals surface area contributed by atoms with Crippen LogP contribution in [0.25, 0.3) is 0 Å². The van der Waals surface area contributed by atoms with Crippen molar-refractivity contribution in [2.24, 2.45) is 17.8 Å². The highest BCUT2D eigenvalue weighted by Gasteiger charge is 2.52. The van der Waals surface area contributed by atoms with Gasteiger partial charge in [-0.3, -0.25) is 4.79 Å². The summed E-state index contributed by atoms with van der Waals surface area (Å²) in [6.07, 6.45) is 2.14. The molecule has 2 fully saturated rings. The Morgan fingerprint density at radius 3 is 2.50 bits per heavy atom. The lowest BCUT2D eigenvalue weighted by Gasteiger charge is -2.30. The highest BCUT2D eigenvalue weighted by molar-refractivity contribution is 5.74. The molecule has 0 spiro atoms. The van der Waals surface area contributed by atoms with E-state index in [1.54, 1.807) is 20.8 Å². The van der Waals surface area contributed by atoms with Gasteiger partial charge in [-0.1, -0.05) is 0 Å². The number of rotatable bonds is 2. The summed E-state index contributed by atoms with van der Waals surface area (Å²) in [5, 5.41) is 12.0. The van der Waals surface area contributed by atoms with Gasteiger partial charge in [0, 0.05) is 6.04 Å². The molecule has 0 saturated heterocycles. The van der Waals surface area contributed by atoms with Gasteiger partial charge >= 0.3 is 12.1 Å².